The number of rotatable bonds is 0. The first-order chi connectivity index (χ1) is 3.72. The Morgan fingerprint density at radius 3 is 2.50 bits per heavy atom. The number of hydrogen-bond donors (Lipinski definition) is 1. The van der Waals surface area contributed by atoms with E-state index in [1.54, 1.807) is 6.20 Å². The number of hydrogen-bond acceptors (Lipinski definition) is 1. The fraction of sp³-hybridized carbons (Fsp3) is 0.500. The molecule has 0 bridgehead atoms. The summed E-state index contributed by atoms with van der Waals surface area (Å²) in [5.41, 5.74) is 1.12. The summed E-state index contributed by atoms with van der Waals surface area (Å²) >= 11 is 0. The molecule has 1 unspecified atom stereocenters. The summed E-state index contributed by atoms with van der Waals surface area (Å²) in [4.78, 5) is 10.6. The molecular formula is C6H9NO. The van der Waals surface area contributed by atoms with Crippen molar-refractivity contribution in [3.8, 4) is 0 Å². The van der Waals surface area contributed by atoms with Crippen LogP contribution in [0.2, 0.25) is 0 Å². The Morgan fingerprint density at radius 2 is 2.38 bits per heavy atom. The van der Waals surface area contributed by atoms with Crippen molar-refractivity contribution in [1.29, 1.82) is 0 Å². The molecule has 1 rings (SSSR count). The quantitative estimate of drug-likeness (QED) is 0.488. The van der Waals surface area contributed by atoms with E-state index in [1.165, 1.54) is 0 Å². The topological polar surface area (TPSA) is 29.1 Å². The summed E-state index contributed by atoms with van der Waals surface area (Å²) in [6.45, 7) is 3.84. The minimum Gasteiger partial charge on any atom is -0.332 e. The molecule has 0 aromatic carbocycles. The third-order valence-corrected chi connectivity index (χ3v) is 1.52. The Bertz CT molecular complexity index is 149. The summed E-state index contributed by atoms with van der Waals surface area (Å²) in [5.74, 6) is 0.206. The molecule has 0 saturated carbocycles. The first kappa shape index (κ1) is 5.35. The van der Waals surface area contributed by atoms with Gasteiger partial charge in [0.05, 0.1) is 5.92 Å². The Kier molecular flexibility index (Phi) is 1.08. The lowest BCUT2D eigenvalue weighted by molar-refractivity contribution is -0.121. The predicted molar refractivity (Wildman–Crippen MR) is 31.1 cm³/mol. The highest BCUT2D eigenvalue weighted by Crippen LogP contribution is 2.12. The average molecular weight is 111 g/mol. The van der Waals surface area contributed by atoms with Crippen LogP contribution >= 0.6 is 0 Å². The highest BCUT2D eigenvalue weighted by atomic mass is 16.2. The SMILES string of the molecule is CC1=CNC(=O)C1C. The van der Waals surface area contributed by atoms with Gasteiger partial charge in [0.15, 0.2) is 0 Å². The van der Waals surface area contributed by atoms with Gasteiger partial charge in [-0.05, 0) is 19.4 Å². The Hall–Kier alpha value is -0.790. The molecule has 8 heavy (non-hydrogen) atoms. The molecule has 0 aliphatic carbocycles. The van der Waals surface area contributed by atoms with Crippen LogP contribution in [0.3, 0.4) is 0 Å². The molecule has 2 heteroatoms. The summed E-state index contributed by atoms with van der Waals surface area (Å²) in [7, 11) is 0. The van der Waals surface area contributed by atoms with Crippen molar-refractivity contribution in [1.82, 2.24) is 5.32 Å². The second kappa shape index (κ2) is 1.62. The van der Waals surface area contributed by atoms with Gasteiger partial charge >= 0.3 is 0 Å². The van der Waals surface area contributed by atoms with Crippen LogP contribution in [0, 0.1) is 5.92 Å². The van der Waals surface area contributed by atoms with Crippen LogP contribution in [0.5, 0.6) is 0 Å². The summed E-state index contributed by atoms with van der Waals surface area (Å²) in [6.07, 6.45) is 1.76. The second-order valence-corrected chi connectivity index (χ2v) is 2.12. The molecule has 0 fully saturated rings. The Morgan fingerprint density at radius 1 is 1.75 bits per heavy atom. The van der Waals surface area contributed by atoms with Crippen molar-refractivity contribution in [2.75, 3.05) is 0 Å². The smallest absolute Gasteiger partial charge is 0.230 e. The van der Waals surface area contributed by atoms with Gasteiger partial charge in [0.2, 0.25) is 5.91 Å². The van der Waals surface area contributed by atoms with E-state index in [0.29, 0.717) is 0 Å². The zero-order valence-electron chi connectivity index (χ0n) is 5.06. The third kappa shape index (κ3) is 0.619. The van der Waals surface area contributed by atoms with E-state index in [-0.39, 0.29) is 11.8 Å². The van der Waals surface area contributed by atoms with Crippen molar-refractivity contribution in [3.05, 3.63) is 11.8 Å². The summed E-state index contributed by atoms with van der Waals surface area (Å²) in [6, 6.07) is 0. The molecule has 1 amide bonds. The number of carbonyl (C=O) groups is 1. The maximum atomic E-state index is 10.6. The van der Waals surface area contributed by atoms with E-state index in [0.717, 1.165) is 5.57 Å². The van der Waals surface area contributed by atoms with Gasteiger partial charge in [0.25, 0.3) is 0 Å². The number of carbonyl (C=O) groups excluding carboxylic acids is 1. The Labute approximate surface area is 48.6 Å². The van der Waals surface area contributed by atoms with E-state index in [2.05, 4.69) is 5.32 Å². The predicted octanol–water partition coefficient (Wildman–Crippen LogP) is 0.656. The van der Waals surface area contributed by atoms with Gasteiger partial charge in [-0.1, -0.05) is 0 Å². The van der Waals surface area contributed by atoms with E-state index in [4.69, 9.17) is 0 Å². The number of nitrogens with one attached hydrogen (secondary N) is 1. The fourth-order valence-corrected chi connectivity index (χ4v) is 0.642. The van der Waals surface area contributed by atoms with Gasteiger partial charge in [-0.15, -0.1) is 0 Å². The van der Waals surface area contributed by atoms with E-state index >= 15 is 0 Å². The average Bonchev–Trinajstić information content (AvgIpc) is 1.98. The third-order valence-electron chi connectivity index (χ3n) is 1.52. The molecule has 2 nitrogen and oxygen atoms in total. The van der Waals surface area contributed by atoms with Crippen molar-refractivity contribution in [2.45, 2.75) is 13.8 Å². The van der Waals surface area contributed by atoms with Crippen molar-refractivity contribution in [3.63, 3.8) is 0 Å². The molecular weight excluding hydrogens is 102 g/mol. The van der Waals surface area contributed by atoms with Crippen molar-refractivity contribution < 1.29 is 4.79 Å². The molecule has 0 aromatic rings. The monoisotopic (exact) mass is 111 g/mol. The largest absolute Gasteiger partial charge is 0.332 e. The lowest BCUT2D eigenvalue weighted by Crippen LogP contribution is -2.16. The first-order valence-electron chi connectivity index (χ1n) is 2.69. The maximum absolute atomic E-state index is 10.6. The van der Waals surface area contributed by atoms with Gasteiger partial charge in [-0.3, -0.25) is 4.79 Å². The van der Waals surface area contributed by atoms with Gasteiger partial charge in [0, 0.05) is 6.20 Å². The highest BCUT2D eigenvalue weighted by Gasteiger charge is 2.18. The molecule has 1 heterocycles. The molecule has 0 saturated heterocycles. The fourth-order valence-electron chi connectivity index (χ4n) is 0.642. The minimum absolute atomic E-state index is 0.0926. The van der Waals surface area contributed by atoms with Crippen LogP contribution in [0.15, 0.2) is 11.8 Å². The van der Waals surface area contributed by atoms with Crippen LogP contribution < -0.4 is 5.32 Å². The van der Waals surface area contributed by atoms with Crippen LogP contribution in [0.1, 0.15) is 13.8 Å². The number of amides is 1. The molecule has 44 valence electrons. The Balaban J connectivity index is 2.72. The van der Waals surface area contributed by atoms with Crippen LogP contribution in [-0.4, -0.2) is 5.91 Å². The normalized spacial score (nSPS) is 27.5. The zero-order valence-corrected chi connectivity index (χ0v) is 5.06. The molecule has 1 aliphatic rings. The zero-order chi connectivity index (χ0) is 6.15. The summed E-state index contributed by atoms with van der Waals surface area (Å²) < 4.78 is 0. The van der Waals surface area contributed by atoms with Crippen LogP contribution in [-0.2, 0) is 4.79 Å². The van der Waals surface area contributed by atoms with Crippen LogP contribution in [0.4, 0.5) is 0 Å². The minimum atomic E-state index is 0.0926. The lowest BCUT2D eigenvalue weighted by Gasteiger charge is -1.96. The van der Waals surface area contributed by atoms with Crippen molar-refractivity contribution >= 4 is 5.91 Å². The van der Waals surface area contributed by atoms with Gasteiger partial charge in [-0.25, -0.2) is 0 Å². The van der Waals surface area contributed by atoms with Gasteiger partial charge in [0.1, 0.15) is 0 Å². The van der Waals surface area contributed by atoms with Crippen LogP contribution in [0.25, 0.3) is 0 Å². The molecule has 1 aliphatic heterocycles. The van der Waals surface area contributed by atoms with Gasteiger partial charge < -0.3 is 5.32 Å². The molecule has 0 radical (unpaired) electrons. The molecule has 0 spiro atoms. The summed E-state index contributed by atoms with van der Waals surface area (Å²) in [5, 5.41) is 2.62. The van der Waals surface area contributed by atoms with Gasteiger partial charge in [-0.2, -0.15) is 0 Å². The van der Waals surface area contributed by atoms with E-state index in [9.17, 15) is 4.79 Å². The second-order valence-electron chi connectivity index (χ2n) is 2.12. The molecule has 1 atom stereocenters. The van der Waals surface area contributed by atoms with E-state index in [1.807, 2.05) is 13.8 Å². The lowest BCUT2D eigenvalue weighted by atomic mass is 10.1. The standard InChI is InChI=1S/C6H9NO/c1-4-3-7-6(8)5(4)2/h3,5H,1-2H3,(H,7,8). The molecule has 0 aromatic heterocycles. The van der Waals surface area contributed by atoms with E-state index < -0.39 is 0 Å². The maximum Gasteiger partial charge on any atom is 0.230 e. The first-order valence-corrected chi connectivity index (χ1v) is 2.69. The highest BCUT2D eigenvalue weighted by molar-refractivity contribution is 5.84. The molecule has 1 N–H and O–H groups in total. The van der Waals surface area contributed by atoms with Crippen molar-refractivity contribution in [2.24, 2.45) is 5.92 Å².